The molecule has 4 aromatic rings. The quantitative estimate of drug-likeness (QED) is 0.267. The molecule has 0 saturated heterocycles. The maximum Gasteiger partial charge on any atom is 0.134 e. The van der Waals surface area contributed by atoms with Gasteiger partial charge in [-0.1, -0.05) is 48.8 Å². The van der Waals surface area contributed by atoms with Crippen molar-refractivity contribution in [2.75, 3.05) is 12.4 Å². The Morgan fingerprint density at radius 2 is 1.80 bits per heavy atom. The van der Waals surface area contributed by atoms with Crippen molar-refractivity contribution in [3.63, 3.8) is 0 Å². The van der Waals surface area contributed by atoms with Gasteiger partial charge in [0.1, 0.15) is 17.9 Å². The number of ether oxygens (including phenoxy) is 1. The molecule has 0 aliphatic carbocycles. The predicted molar refractivity (Wildman–Crippen MR) is 148 cm³/mol. The minimum absolute atomic E-state index is 0.164. The van der Waals surface area contributed by atoms with Crippen LogP contribution in [0.15, 0.2) is 65.4 Å². The van der Waals surface area contributed by atoms with Crippen LogP contribution < -0.4 is 10.1 Å². The zero-order chi connectivity index (χ0) is 25.0. The lowest BCUT2D eigenvalue weighted by molar-refractivity contribution is 0.406. The number of nitrogens with zero attached hydrogens (tertiary/aromatic N) is 3. The first-order valence-electron chi connectivity index (χ1n) is 11.7. The van der Waals surface area contributed by atoms with Crippen molar-refractivity contribution in [3.8, 4) is 5.75 Å². The van der Waals surface area contributed by atoms with Crippen LogP contribution in [0.5, 0.6) is 5.75 Å². The number of fused-ring (bicyclic) bond motifs is 1. The molecule has 2 heterocycles. The molecule has 6 heteroatoms. The van der Waals surface area contributed by atoms with E-state index in [1.54, 1.807) is 13.4 Å². The highest BCUT2D eigenvalue weighted by Crippen LogP contribution is 2.28. The molecule has 4 rings (SSSR count). The molecule has 0 bridgehead atoms. The van der Waals surface area contributed by atoms with Crippen LogP contribution in [0, 0.1) is 5.41 Å². The lowest BCUT2D eigenvalue weighted by Crippen LogP contribution is -2.11. The third kappa shape index (κ3) is 6.67. The number of allylic oxidation sites excluding steroid dienone is 1. The molecule has 0 aliphatic heterocycles. The van der Waals surface area contributed by atoms with E-state index >= 15 is 0 Å². The molecule has 2 aromatic heterocycles. The normalized spacial score (nSPS) is 12.1. The van der Waals surface area contributed by atoms with E-state index in [1.807, 2.05) is 24.3 Å². The number of anilines is 1. The first-order chi connectivity index (χ1) is 16.7. The van der Waals surface area contributed by atoms with Gasteiger partial charge < -0.3 is 10.1 Å². The number of hydrogen-bond donors (Lipinski definition) is 1. The molecular formula is C29H31BrN4O. The molecule has 180 valence electrons. The fourth-order valence-electron chi connectivity index (χ4n) is 3.90. The molecule has 0 saturated carbocycles. The second kappa shape index (κ2) is 10.6. The number of aromatic nitrogens is 3. The molecule has 0 atom stereocenters. The number of rotatable bonds is 7. The maximum atomic E-state index is 5.27. The summed E-state index contributed by atoms with van der Waals surface area (Å²) in [6.07, 6.45) is 4.70. The van der Waals surface area contributed by atoms with Gasteiger partial charge in [0.05, 0.1) is 18.3 Å². The minimum atomic E-state index is 0.164. The summed E-state index contributed by atoms with van der Waals surface area (Å²) < 4.78 is 6.30. The molecule has 0 radical (unpaired) electrons. The number of hydrogen-bond acceptors (Lipinski definition) is 5. The second-order valence-electron chi connectivity index (χ2n) is 9.92. The lowest BCUT2D eigenvalue weighted by Gasteiger charge is -2.17. The van der Waals surface area contributed by atoms with E-state index in [0.29, 0.717) is 6.54 Å². The van der Waals surface area contributed by atoms with Crippen LogP contribution in [-0.4, -0.2) is 22.1 Å². The highest BCUT2D eigenvalue weighted by atomic mass is 79.9. The first kappa shape index (κ1) is 24.9. The molecule has 0 aliphatic rings. The lowest BCUT2D eigenvalue weighted by atomic mass is 9.90. The number of benzene rings is 2. The summed E-state index contributed by atoms with van der Waals surface area (Å²) in [5.74, 6) is 1.68. The summed E-state index contributed by atoms with van der Waals surface area (Å²) in [5.41, 5.74) is 6.30. The van der Waals surface area contributed by atoms with Crippen LogP contribution in [-0.2, 0) is 13.0 Å². The Hall–Kier alpha value is -3.25. The Labute approximate surface area is 215 Å². The van der Waals surface area contributed by atoms with Gasteiger partial charge in [-0.3, -0.25) is 0 Å². The Balaban J connectivity index is 1.69. The van der Waals surface area contributed by atoms with E-state index < -0.39 is 0 Å². The van der Waals surface area contributed by atoms with Crippen molar-refractivity contribution in [3.05, 3.63) is 87.9 Å². The number of halogens is 1. The van der Waals surface area contributed by atoms with Gasteiger partial charge in [-0.25, -0.2) is 15.0 Å². The van der Waals surface area contributed by atoms with E-state index in [9.17, 15) is 0 Å². The third-order valence-electron chi connectivity index (χ3n) is 5.64. The molecule has 0 amide bonds. The molecule has 2 aromatic carbocycles. The van der Waals surface area contributed by atoms with Gasteiger partial charge in [0.25, 0.3) is 0 Å². The monoisotopic (exact) mass is 530 g/mol. The van der Waals surface area contributed by atoms with Crippen molar-refractivity contribution in [1.29, 1.82) is 0 Å². The third-order valence-corrected chi connectivity index (χ3v) is 6.13. The summed E-state index contributed by atoms with van der Waals surface area (Å²) in [6, 6.07) is 18.5. The van der Waals surface area contributed by atoms with Gasteiger partial charge in [0.15, 0.2) is 0 Å². The standard InChI is InChI=1S/C29H31BrN4O/c1-19(27-15-24(32-18-33-27)16-29(2,3)4)12-22-13-21-14-23(30)8-11-26(21)34-28(22)31-17-20-6-9-25(35-5)10-7-20/h6-15,18H,16-17H2,1-5H3,(H,31,34)/b19-12+. The minimum Gasteiger partial charge on any atom is -0.497 e. The van der Waals surface area contributed by atoms with E-state index in [2.05, 4.69) is 95.3 Å². The average molecular weight is 531 g/mol. The van der Waals surface area contributed by atoms with E-state index in [0.717, 1.165) is 61.5 Å². The Bertz CT molecular complexity index is 1360. The van der Waals surface area contributed by atoms with Crippen LogP contribution in [0.4, 0.5) is 5.82 Å². The number of nitrogens with one attached hydrogen (secondary N) is 1. The predicted octanol–water partition coefficient (Wildman–Crippen LogP) is 7.56. The van der Waals surface area contributed by atoms with Gasteiger partial charge in [0, 0.05) is 27.7 Å². The van der Waals surface area contributed by atoms with E-state index in [1.165, 1.54) is 0 Å². The molecule has 5 nitrogen and oxygen atoms in total. The smallest absolute Gasteiger partial charge is 0.134 e. The summed E-state index contributed by atoms with van der Waals surface area (Å²) >= 11 is 3.58. The summed E-state index contributed by atoms with van der Waals surface area (Å²) in [7, 11) is 1.68. The Kier molecular flexibility index (Phi) is 7.51. The fraction of sp³-hybridized carbons (Fsp3) is 0.276. The number of methoxy groups -OCH3 is 1. The summed E-state index contributed by atoms with van der Waals surface area (Å²) in [5, 5.41) is 4.61. The van der Waals surface area contributed by atoms with Gasteiger partial charge >= 0.3 is 0 Å². The first-order valence-corrected chi connectivity index (χ1v) is 12.5. The van der Waals surface area contributed by atoms with Crippen LogP contribution >= 0.6 is 15.9 Å². The topological polar surface area (TPSA) is 59.9 Å². The van der Waals surface area contributed by atoms with Crippen molar-refractivity contribution in [1.82, 2.24) is 15.0 Å². The van der Waals surface area contributed by atoms with Crippen LogP contribution in [0.1, 0.15) is 50.2 Å². The maximum absolute atomic E-state index is 5.27. The van der Waals surface area contributed by atoms with Gasteiger partial charge in [-0.2, -0.15) is 0 Å². The van der Waals surface area contributed by atoms with Gasteiger partial charge in [-0.15, -0.1) is 0 Å². The highest BCUT2D eigenvalue weighted by Gasteiger charge is 2.14. The molecule has 0 fully saturated rings. The zero-order valence-corrected chi connectivity index (χ0v) is 22.5. The Morgan fingerprint density at radius 1 is 1.03 bits per heavy atom. The number of pyridine rings is 1. The Morgan fingerprint density at radius 3 is 2.51 bits per heavy atom. The van der Waals surface area contributed by atoms with Crippen LogP contribution in [0.2, 0.25) is 0 Å². The van der Waals surface area contributed by atoms with E-state index in [-0.39, 0.29) is 5.41 Å². The highest BCUT2D eigenvalue weighted by molar-refractivity contribution is 9.10. The molecule has 0 unspecified atom stereocenters. The van der Waals surface area contributed by atoms with Crippen molar-refractivity contribution in [2.24, 2.45) is 5.41 Å². The summed E-state index contributed by atoms with van der Waals surface area (Å²) in [4.78, 5) is 14.0. The summed E-state index contributed by atoms with van der Waals surface area (Å²) in [6.45, 7) is 9.40. The van der Waals surface area contributed by atoms with Crippen LogP contribution in [0.3, 0.4) is 0 Å². The van der Waals surface area contributed by atoms with Gasteiger partial charge in [0.2, 0.25) is 0 Å². The molecule has 35 heavy (non-hydrogen) atoms. The average Bonchev–Trinajstić information content (AvgIpc) is 2.82. The largest absolute Gasteiger partial charge is 0.497 e. The van der Waals surface area contributed by atoms with E-state index in [4.69, 9.17) is 9.72 Å². The van der Waals surface area contributed by atoms with Crippen molar-refractivity contribution in [2.45, 2.75) is 40.7 Å². The zero-order valence-electron chi connectivity index (χ0n) is 20.9. The van der Waals surface area contributed by atoms with Gasteiger partial charge in [-0.05, 0) is 78.4 Å². The van der Waals surface area contributed by atoms with Crippen molar-refractivity contribution < 1.29 is 4.74 Å². The van der Waals surface area contributed by atoms with Crippen molar-refractivity contribution >= 4 is 44.3 Å². The molecule has 0 spiro atoms. The SMILES string of the molecule is COc1ccc(CNc2nc3ccc(Br)cc3cc2/C=C(\C)c2cc(CC(C)(C)C)ncn2)cc1. The fourth-order valence-corrected chi connectivity index (χ4v) is 4.28. The molecular weight excluding hydrogens is 500 g/mol. The van der Waals surface area contributed by atoms with Crippen LogP contribution in [0.25, 0.3) is 22.6 Å². The molecule has 1 N–H and O–H groups in total. The second-order valence-corrected chi connectivity index (χ2v) is 10.8.